The number of carbonyl (C=O) groups is 1. The monoisotopic (exact) mass is 310 g/mol. The summed E-state index contributed by atoms with van der Waals surface area (Å²) in [5.74, 6) is -0.200. The number of carbonyl (C=O) groups excluding carboxylic acids is 1. The smallest absolute Gasteiger partial charge is 0.254 e. The number of sulfonamides is 1. The summed E-state index contributed by atoms with van der Waals surface area (Å²) >= 11 is 0. The molecule has 0 aliphatic carbocycles. The Bertz CT molecular complexity index is 624. The number of benzene rings is 1. The van der Waals surface area contributed by atoms with Gasteiger partial charge in [0.25, 0.3) is 5.91 Å². The third kappa shape index (κ3) is 4.68. The van der Waals surface area contributed by atoms with Crippen molar-refractivity contribution in [2.75, 3.05) is 19.6 Å². The lowest BCUT2D eigenvalue weighted by Crippen LogP contribution is -2.32. The van der Waals surface area contributed by atoms with Crippen LogP contribution in [0.1, 0.15) is 31.1 Å². The van der Waals surface area contributed by atoms with Gasteiger partial charge in [-0.05, 0) is 32.0 Å². The van der Waals surface area contributed by atoms with E-state index >= 15 is 0 Å². The van der Waals surface area contributed by atoms with E-state index in [-0.39, 0.29) is 10.8 Å². The first-order valence-electron chi connectivity index (χ1n) is 6.85. The molecule has 116 valence electrons. The van der Waals surface area contributed by atoms with Crippen LogP contribution in [0, 0.1) is 0 Å². The average molecular weight is 310 g/mol. The zero-order valence-electron chi connectivity index (χ0n) is 12.7. The van der Waals surface area contributed by atoms with Crippen LogP contribution in [0.3, 0.4) is 0 Å². The third-order valence-electron chi connectivity index (χ3n) is 2.86. The molecule has 0 saturated heterocycles. The van der Waals surface area contributed by atoms with E-state index in [0.29, 0.717) is 25.2 Å². The molecule has 0 fully saturated rings. The maximum atomic E-state index is 12.4. The Balaban J connectivity index is 3.09. The fourth-order valence-electron chi connectivity index (χ4n) is 1.91. The fourth-order valence-corrected chi connectivity index (χ4v) is 2.99. The summed E-state index contributed by atoms with van der Waals surface area (Å²) in [5.41, 5.74) is 1.23. The molecule has 0 saturated carbocycles. The van der Waals surface area contributed by atoms with Crippen molar-refractivity contribution in [2.24, 2.45) is 0 Å². The molecule has 0 atom stereocenters. The third-order valence-corrected chi connectivity index (χ3v) is 4.40. The number of likely N-dealkylation sites (N-methyl/N-ethyl adjacent to an activating group) is 1. The predicted octanol–water partition coefficient (Wildman–Crippen LogP) is 2.02. The number of nitrogens with one attached hydrogen (secondary N) is 1. The van der Waals surface area contributed by atoms with Crippen LogP contribution >= 0.6 is 0 Å². The highest BCUT2D eigenvalue weighted by Crippen LogP contribution is 2.14. The van der Waals surface area contributed by atoms with Gasteiger partial charge in [-0.1, -0.05) is 25.1 Å². The van der Waals surface area contributed by atoms with E-state index < -0.39 is 10.0 Å². The van der Waals surface area contributed by atoms with Crippen LogP contribution in [-0.4, -0.2) is 38.9 Å². The van der Waals surface area contributed by atoms with Crippen molar-refractivity contribution >= 4 is 15.9 Å². The van der Waals surface area contributed by atoms with Crippen molar-refractivity contribution in [1.29, 1.82) is 0 Å². The molecule has 5 nitrogen and oxygen atoms in total. The molecular weight excluding hydrogens is 288 g/mol. The molecule has 0 aliphatic heterocycles. The Kier molecular flexibility index (Phi) is 6.11. The highest BCUT2D eigenvalue weighted by atomic mass is 32.2. The topological polar surface area (TPSA) is 66.5 Å². The van der Waals surface area contributed by atoms with Crippen molar-refractivity contribution in [2.45, 2.75) is 25.7 Å². The van der Waals surface area contributed by atoms with E-state index in [1.807, 2.05) is 13.8 Å². The number of amides is 1. The molecule has 1 rings (SSSR count). The molecule has 1 amide bonds. The van der Waals surface area contributed by atoms with Gasteiger partial charge in [-0.15, -0.1) is 0 Å². The SMILES string of the molecule is C=C(C)CN(CC)C(=O)c1cccc(S(=O)(=O)NCC)c1. The van der Waals surface area contributed by atoms with Crippen molar-refractivity contribution in [3.8, 4) is 0 Å². The molecule has 0 aliphatic rings. The molecule has 0 spiro atoms. The van der Waals surface area contributed by atoms with Crippen LogP contribution in [0.15, 0.2) is 41.3 Å². The molecule has 1 aromatic carbocycles. The first kappa shape index (κ1) is 17.4. The Labute approximate surface area is 126 Å². The predicted molar refractivity (Wildman–Crippen MR) is 83.7 cm³/mol. The molecule has 1 aromatic rings. The second-order valence-electron chi connectivity index (χ2n) is 4.81. The van der Waals surface area contributed by atoms with Gasteiger partial charge >= 0.3 is 0 Å². The summed E-state index contributed by atoms with van der Waals surface area (Å²) in [6, 6.07) is 6.08. The first-order valence-corrected chi connectivity index (χ1v) is 8.33. The lowest BCUT2D eigenvalue weighted by Gasteiger charge is -2.21. The zero-order valence-corrected chi connectivity index (χ0v) is 13.5. The summed E-state index contributed by atoms with van der Waals surface area (Å²) in [6.07, 6.45) is 0. The summed E-state index contributed by atoms with van der Waals surface area (Å²) in [4.78, 5) is 14.1. The van der Waals surface area contributed by atoms with Gasteiger partial charge in [-0.3, -0.25) is 4.79 Å². The molecular formula is C15H22N2O3S. The molecule has 0 unspecified atom stereocenters. The fraction of sp³-hybridized carbons (Fsp3) is 0.400. The van der Waals surface area contributed by atoms with Crippen molar-refractivity contribution in [1.82, 2.24) is 9.62 Å². The van der Waals surface area contributed by atoms with E-state index in [0.717, 1.165) is 5.57 Å². The lowest BCUT2D eigenvalue weighted by molar-refractivity contribution is 0.0778. The molecule has 6 heteroatoms. The molecule has 0 aromatic heterocycles. The van der Waals surface area contributed by atoms with Crippen molar-refractivity contribution in [3.63, 3.8) is 0 Å². The van der Waals surface area contributed by atoms with E-state index in [1.165, 1.54) is 12.1 Å². The second-order valence-corrected chi connectivity index (χ2v) is 6.57. The van der Waals surface area contributed by atoms with Gasteiger partial charge in [-0.2, -0.15) is 0 Å². The quantitative estimate of drug-likeness (QED) is 0.784. The molecule has 21 heavy (non-hydrogen) atoms. The van der Waals surface area contributed by atoms with Crippen LogP contribution < -0.4 is 4.72 Å². The van der Waals surface area contributed by atoms with Gasteiger partial charge in [-0.25, -0.2) is 13.1 Å². The summed E-state index contributed by atoms with van der Waals surface area (Å²) in [7, 11) is -3.56. The largest absolute Gasteiger partial charge is 0.335 e. The van der Waals surface area contributed by atoms with E-state index in [2.05, 4.69) is 11.3 Å². The number of hydrogen-bond donors (Lipinski definition) is 1. The Morgan fingerprint density at radius 1 is 1.33 bits per heavy atom. The standard InChI is InChI=1S/C15H22N2O3S/c1-5-16-21(19,20)14-9-7-8-13(10-14)15(18)17(6-2)11-12(3)4/h7-10,16H,3,5-6,11H2,1-2,4H3. The maximum absolute atomic E-state index is 12.4. The van der Waals surface area contributed by atoms with E-state index in [9.17, 15) is 13.2 Å². The summed E-state index contributed by atoms with van der Waals surface area (Å²) < 4.78 is 26.4. The number of rotatable bonds is 7. The van der Waals surface area contributed by atoms with Gasteiger partial charge in [0.15, 0.2) is 0 Å². The first-order chi connectivity index (χ1) is 9.81. The summed E-state index contributed by atoms with van der Waals surface area (Å²) in [5, 5.41) is 0. The van der Waals surface area contributed by atoms with E-state index in [1.54, 1.807) is 24.0 Å². The van der Waals surface area contributed by atoms with Gasteiger partial charge in [0.1, 0.15) is 0 Å². The lowest BCUT2D eigenvalue weighted by atomic mass is 10.2. The zero-order chi connectivity index (χ0) is 16.0. The Morgan fingerprint density at radius 3 is 2.52 bits per heavy atom. The highest BCUT2D eigenvalue weighted by molar-refractivity contribution is 7.89. The minimum absolute atomic E-state index is 0.0987. The number of nitrogens with zero attached hydrogens (tertiary/aromatic N) is 1. The Hall–Kier alpha value is -1.66. The normalized spacial score (nSPS) is 11.2. The van der Waals surface area contributed by atoms with Crippen LogP contribution in [0.4, 0.5) is 0 Å². The van der Waals surface area contributed by atoms with Crippen molar-refractivity contribution in [3.05, 3.63) is 42.0 Å². The van der Waals surface area contributed by atoms with Crippen LogP contribution in [0.2, 0.25) is 0 Å². The van der Waals surface area contributed by atoms with Gasteiger partial charge in [0, 0.05) is 25.2 Å². The molecule has 0 bridgehead atoms. The highest BCUT2D eigenvalue weighted by Gasteiger charge is 2.18. The van der Waals surface area contributed by atoms with Gasteiger partial charge in [0.05, 0.1) is 4.90 Å². The summed E-state index contributed by atoms with van der Waals surface area (Å²) in [6.45, 7) is 10.5. The van der Waals surface area contributed by atoms with Crippen molar-refractivity contribution < 1.29 is 13.2 Å². The maximum Gasteiger partial charge on any atom is 0.254 e. The number of hydrogen-bond acceptors (Lipinski definition) is 3. The van der Waals surface area contributed by atoms with Crippen LogP contribution in [-0.2, 0) is 10.0 Å². The Morgan fingerprint density at radius 2 is 2.00 bits per heavy atom. The van der Waals surface area contributed by atoms with E-state index in [4.69, 9.17) is 0 Å². The van der Waals surface area contributed by atoms with Crippen LogP contribution in [0.25, 0.3) is 0 Å². The van der Waals surface area contributed by atoms with Crippen LogP contribution in [0.5, 0.6) is 0 Å². The minimum atomic E-state index is -3.56. The minimum Gasteiger partial charge on any atom is -0.335 e. The van der Waals surface area contributed by atoms with Gasteiger partial charge < -0.3 is 4.90 Å². The molecule has 0 radical (unpaired) electrons. The molecule has 1 N–H and O–H groups in total. The second kappa shape index (κ2) is 7.38. The van der Waals surface area contributed by atoms with Gasteiger partial charge in [0.2, 0.25) is 10.0 Å². The average Bonchev–Trinajstić information content (AvgIpc) is 2.44. The molecule has 0 heterocycles.